The van der Waals surface area contributed by atoms with Crippen molar-refractivity contribution in [2.45, 2.75) is 117 Å². The van der Waals surface area contributed by atoms with Crippen LogP contribution in [0.5, 0.6) is 0 Å². The molecule has 10 atom stereocenters. The summed E-state index contributed by atoms with van der Waals surface area (Å²) >= 11 is 0. The zero-order valence-electron chi connectivity index (χ0n) is 26.9. The van der Waals surface area contributed by atoms with E-state index in [0.29, 0.717) is 0 Å². The summed E-state index contributed by atoms with van der Waals surface area (Å²) in [4.78, 5) is 96.3. The molecule has 0 radical (unpaired) electrons. The molecule has 2 aliphatic rings. The zero-order valence-corrected chi connectivity index (χ0v) is 26.9. The van der Waals surface area contributed by atoms with Gasteiger partial charge in [0.15, 0.2) is 30.7 Å². The Morgan fingerprint density at radius 3 is 1.11 bits per heavy atom. The second kappa shape index (κ2) is 17.5. The van der Waals surface area contributed by atoms with Crippen LogP contribution in [0.4, 0.5) is 0 Å². The summed E-state index contributed by atoms with van der Waals surface area (Å²) in [7, 11) is 0. The molecule has 0 amide bonds. The van der Waals surface area contributed by atoms with Crippen molar-refractivity contribution < 1.29 is 90.5 Å². The molecule has 264 valence electrons. The van der Waals surface area contributed by atoms with E-state index < -0.39 is 122 Å². The van der Waals surface area contributed by atoms with Gasteiger partial charge in [-0.25, -0.2) is 0 Å². The van der Waals surface area contributed by atoms with E-state index in [0.717, 1.165) is 55.4 Å². The molecular weight excluding hydrogens is 640 g/mol. The van der Waals surface area contributed by atoms with Crippen LogP contribution in [0.25, 0.3) is 0 Å². The van der Waals surface area contributed by atoms with Crippen molar-refractivity contribution in [1.82, 2.24) is 0 Å². The van der Waals surface area contributed by atoms with Crippen LogP contribution < -0.4 is 0 Å². The molecule has 2 heterocycles. The fourth-order valence-electron chi connectivity index (χ4n) is 4.73. The fourth-order valence-corrected chi connectivity index (χ4v) is 4.73. The van der Waals surface area contributed by atoms with E-state index in [9.17, 15) is 38.4 Å². The standard InChI is InChI=1S/C28H38O19/c1-11(29)37-9-19-21(39-13(3)31)23(40-14(4)32)26(43-17(7)35)28(46-19)47-22-20(10-38-12(2)30)45-27(44-18(8)36)25(42-16(6)34)24(22)41-15(5)33/h19-28H,9-10H2,1-8H3/t19?,20?,21-,22-,23?,24?,25?,26?,27+,28-/m0/s1. The Labute approximate surface area is 268 Å². The number of esters is 8. The Balaban J connectivity index is 2.73. The second-order valence-electron chi connectivity index (χ2n) is 10.3. The van der Waals surface area contributed by atoms with E-state index in [4.69, 9.17) is 52.1 Å². The van der Waals surface area contributed by atoms with E-state index >= 15 is 0 Å². The second-order valence-corrected chi connectivity index (χ2v) is 10.3. The molecular formula is C28H38O19. The van der Waals surface area contributed by atoms with E-state index in [1.165, 1.54) is 0 Å². The highest BCUT2D eigenvalue weighted by Gasteiger charge is 2.58. The smallest absolute Gasteiger partial charge is 0.305 e. The highest BCUT2D eigenvalue weighted by atomic mass is 16.8. The maximum atomic E-state index is 12.3. The number of carbonyl (C=O) groups is 8. The SMILES string of the molecule is CC(=O)OCC1O[C@@H](O[C@H]2C(COC(C)=O)O[C@@H](OC(C)=O)C(OC(C)=O)C2OC(C)=O)C(OC(C)=O)C(OC(C)=O)[C@H]1OC(C)=O. The molecule has 19 nitrogen and oxygen atoms in total. The van der Waals surface area contributed by atoms with Crippen LogP contribution in [0.1, 0.15) is 55.4 Å². The first-order chi connectivity index (χ1) is 21.9. The molecule has 2 rings (SSSR count). The Hall–Kier alpha value is -4.36. The lowest BCUT2D eigenvalue weighted by atomic mass is 9.96. The van der Waals surface area contributed by atoms with Gasteiger partial charge in [0.05, 0.1) is 0 Å². The average molecular weight is 679 g/mol. The third-order valence-corrected chi connectivity index (χ3v) is 6.17. The third kappa shape index (κ3) is 12.1. The molecule has 0 aromatic rings. The van der Waals surface area contributed by atoms with Gasteiger partial charge >= 0.3 is 47.8 Å². The Kier molecular flexibility index (Phi) is 14.5. The van der Waals surface area contributed by atoms with Gasteiger partial charge in [0.25, 0.3) is 0 Å². The van der Waals surface area contributed by atoms with E-state index in [1.807, 2.05) is 0 Å². The number of ether oxygens (including phenoxy) is 11. The average Bonchev–Trinajstić information content (AvgIpc) is 2.91. The van der Waals surface area contributed by atoms with E-state index in [2.05, 4.69) is 0 Å². The molecule has 6 unspecified atom stereocenters. The van der Waals surface area contributed by atoms with Crippen molar-refractivity contribution >= 4 is 47.8 Å². The quantitative estimate of drug-likeness (QED) is 0.181. The van der Waals surface area contributed by atoms with Gasteiger partial charge in [0.1, 0.15) is 31.5 Å². The summed E-state index contributed by atoms with van der Waals surface area (Å²) < 4.78 is 60.2. The monoisotopic (exact) mass is 678 g/mol. The van der Waals surface area contributed by atoms with Gasteiger partial charge in [-0.05, 0) is 0 Å². The minimum Gasteiger partial charge on any atom is -0.463 e. The molecule has 2 saturated heterocycles. The molecule has 0 spiro atoms. The summed E-state index contributed by atoms with van der Waals surface area (Å²) in [6, 6.07) is 0. The predicted octanol–water partition coefficient (Wildman–Crippen LogP) is -0.831. The van der Waals surface area contributed by atoms with Crippen LogP contribution in [0.3, 0.4) is 0 Å². The molecule has 0 aliphatic carbocycles. The molecule has 2 aliphatic heterocycles. The summed E-state index contributed by atoms with van der Waals surface area (Å²) in [6.07, 6.45) is -16.3. The lowest BCUT2D eigenvalue weighted by molar-refractivity contribution is -0.357. The molecule has 0 aromatic heterocycles. The number of carbonyl (C=O) groups excluding carboxylic acids is 8. The summed E-state index contributed by atoms with van der Waals surface area (Å²) in [6.45, 7) is 7.05. The summed E-state index contributed by atoms with van der Waals surface area (Å²) in [5, 5.41) is 0. The molecule has 19 heteroatoms. The number of rotatable bonds is 12. The van der Waals surface area contributed by atoms with Crippen LogP contribution in [-0.4, -0.2) is 122 Å². The van der Waals surface area contributed by atoms with Crippen LogP contribution in [-0.2, 0) is 90.5 Å². The van der Waals surface area contributed by atoms with Crippen molar-refractivity contribution in [3.63, 3.8) is 0 Å². The zero-order chi connectivity index (χ0) is 35.6. The number of hydrogen-bond donors (Lipinski definition) is 0. The highest BCUT2D eigenvalue weighted by molar-refractivity contribution is 5.70. The fraction of sp³-hybridized carbons (Fsp3) is 0.714. The van der Waals surface area contributed by atoms with Crippen molar-refractivity contribution in [2.24, 2.45) is 0 Å². The van der Waals surface area contributed by atoms with Crippen molar-refractivity contribution in [3.05, 3.63) is 0 Å². The highest BCUT2D eigenvalue weighted by Crippen LogP contribution is 2.35. The van der Waals surface area contributed by atoms with Crippen LogP contribution in [0, 0.1) is 0 Å². The first-order valence-corrected chi connectivity index (χ1v) is 14.2. The van der Waals surface area contributed by atoms with Gasteiger partial charge in [0.2, 0.25) is 12.4 Å². The topological polar surface area (TPSA) is 238 Å². The van der Waals surface area contributed by atoms with Gasteiger partial charge < -0.3 is 52.1 Å². The predicted molar refractivity (Wildman–Crippen MR) is 145 cm³/mol. The summed E-state index contributed by atoms with van der Waals surface area (Å²) in [5.41, 5.74) is 0. The first-order valence-electron chi connectivity index (χ1n) is 14.2. The van der Waals surface area contributed by atoms with Gasteiger partial charge in [-0.15, -0.1) is 0 Å². The Bertz CT molecular complexity index is 1200. The molecule has 0 bridgehead atoms. The largest absolute Gasteiger partial charge is 0.463 e. The normalized spacial score (nSPS) is 30.0. The van der Waals surface area contributed by atoms with Gasteiger partial charge in [-0.3, -0.25) is 38.4 Å². The van der Waals surface area contributed by atoms with Gasteiger partial charge in [-0.2, -0.15) is 0 Å². The Morgan fingerprint density at radius 1 is 0.383 bits per heavy atom. The molecule has 0 N–H and O–H groups in total. The van der Waals surface area contributed by atoms with E-state index in [-0.39, 0.29) is 0 Å². The molecule has 0 aromatic carbocycles. The van der Waals surface area contributed by atoms with Crippen molar-refractivity contribution in [2.75, 3.05) is 13.2 Å². The van der Waals surface area contributed by atoms with Gasteiger partial charge in [0, 0.05) is 55.4 Å². The minimum absolute atomic E-state index is 0.590. The Morgan fingerprint density at radius 2 is 0.702 bits per heavy atom. The lowest BCUT2D eigenvalue weighted by Crippen LogP contribution is -2.67. The first kappa shape index (κ1) is 38.8. The molecule has 47 heavy (non-hydrogen) atoms. The maximum Gasteiger partial charge on any atom is 0.305 e. The molecule has 2 fully saturated rings. The maximum absolute atomic E-state index is 12.3. The summed E-state index contributed by atoms with van der Waals surface area (Å²) in [5.74, 6) is -7.02. The van der Waals surface area contributed by atoms with Crippen molar-refractivity contribution in [3.8, 4) is 0 Å². The van der Waals surface area contributed by atoms with Crippen LogP contribution >= 0.6 is 0 Å². The third-order valence-electron chi connectivity index (χ3n) is 6.17. The van der Waals surface area contributed by atoms with Crippen molar-refractivity contribution in [1.29, 1.82) is 0 Å². The molecule has 0 saturated carbocycles. The van der Waals surface area contributed by atoms with Gasteiger partial charge in [-0.1, -0.05) is 0 Å². The van der Waals surface area contributed by atoms with E-state index in [1.54, 1.807) is 0 Å². The minimum atomic E-state index is -1.83. The lowest BCUT2D eigenvalue weighted by Gasteiger charge is -2.48. The number of hydrogen-bond acceptors (Lipinski definition) is 19. The van der Waals surface area contributed by atoms with Crippen LogP contribution in [0.15, 0.2) is 0 Å². The van der Waals surface area contributed by atoms with Crippen LogP contribution in [0.2, 0.25) is 0 Å².